The molecule has 0 bridgehead atoms. The summed E-state index contributed by atoms with van der Waals surface area (Å²) in [5, 5.41) is 1.57. The Balaban J connectivity index is 2.10. The van der Waals surface area contributed by atoms with Crippen LogP contribution in [0.25, 0.3) is 0 Å². The molecule has 4 heteroatoms. The Morgan fingerprint density at radius 3 is 3.09 bits per heavy atom. The highest BCUT2D eigenvalue weighted by atomic mass is 16.7. The summed E-state index contributed by atoms with van der Waals surface area (Å²) in [7, 11) is 1.64. The summed E-state index contributed by atoms with van der Waals surface area (Å²) in [6.45, 7) is 1.88. The number of hydroxylamine groups is 2. The van der Waals surface area contributed by atoms with Crippen molar-refractivity contribution in [3.05, 3.63) is 12.3 Å². The molecule has 0 aromatic heterocycles. The van der Waals surface area contributed by atoms with Crippen molar-refractivity contribution >= 4 is 6.34 Å². The summed E-state index contributed by atoms with van der Waals surface area (Å²) in [5.41, 5.74) is 0. The number of nitrogens with zero attached hydrogens (tertiary/aromatic N) is 2. The Morgan fingerprint density at radius 1 is 1.55 bits per heavy atom. The lowest BCUT2D eigenvalue weighted by atomic mass is 10.6. The molecule has 0 saturated heterocycles. The predicted octanol–water partition coefficient (Wildman–Crippen LogP) is 0.422. The summed E-state index contributed by atoms with van der Waals surface area (Å²) in [6, 6.07) is 0. The van der Waals surface area contributed by atoms with E-state index >= 15 is 0 Å². The minimum Gasteiger partial charge on any atom is -0.382 e. The van der Waals surface area contributed by atoms with Gasteiger partial charge in [-0.2, -0.15) is 0 Å². The minimum absolute atomic E-state index is 0.548. The van der Waals surface area contributed by atoms with Gasteiger partial charge in [0, 0.05) is 13.3 Å². The fraction of sp³-hybridized carbons (Fsp3) is 0.571. The first-order valence-corrected chi connectivity index (χ1v) is 3.50. The van der Waals surface area contributed by atoms with Crippen molar-refractivity contribution in [1.29, 1.82) is 0 Å². The molecule has 0 N–H and O–H groups in total. The summed E-state index contributed by atoms with van der Waals surface area (Å²) in [4.78, 5) is 9.18. The molecule has 11 heavy (non-hydrogen) atoms. The van der Waals surface area contributed by atoms with Gasteiger partial charge in [0.15, 0.2) is 0 Å². The number of hydrogen-bond donors (Lipinski definition) is 0. The highest BCUT2D eigenvalue weighted by Gasteiger charge is 1.96. The van der Waals surface area contributed by atoms with E-state index in [1.807, 2.05) is 12.3 Å². The first kappa shape index (κ1) is 8.23. The van der Waals surface area contributed by atoms with Gasteiger partial charge in [-0.15, -0.1) is 0 Å². The average Bonchev–Trinajstić information content (AvgIpc) is 2.07. The van der Waals surface area contributed by atoms with Crippen molar-refractivity contribution in [3.8, 4) is 0 Å². The summed E-state index contributed by atoms with van der Waals surface area (Å²) in [6.07, 6.45) is 5.41. The Kier molecular flexibility index (Phi) is 3.64. The summed E-state index contributed by atoms with van der Waals surface area (Å²) < 4.78 is 4.81. The van der Waals surface area contributed by atoms with Crippen LogP contribution in [0.4, 0.5) is 0 Å². The van der Waals surface area contributed by atoms with E-state index in [-0.39, 0.29) is 0 Å². The largest absolute Gasteiger partial charge is 0.382 e. The first-order chi connectivity index (χ1) is 5.43. The summed E-state index contributed by atoms with van der Waals surface area (Å²) in [5.74, 6) is 0. The molecule has 0 aromatic rings. The Morgan fingerprint density at radius 2 is 2.45 bits per heavy atom. The molecule has 4 nitrogen and oxygen atoms in total. The zero-order chi connectivity index (χ0) is 7.94. The second kappa shape index (κ2) is 4.87. The number of rotatable bonds is 4. The van der Waals surface area contributed by atoms with Crippen molar-refractivity contribution in [1.82, 2.24) is 5.06 Å². The molecule has 0 unspecified atom stereocenters. The van der Waals surface area contributed by atoms with Gasteiger partial charge in [-0.25, -0.2) is 5.06 Å². The molecule has 0 aromatic carbocycles. The fourth-order valence-electron chi connectivity index (χ4n) is 0.680. The Bertz CT molecular complexity index is 145. The maximum atomic E-state index is 5.20. The third kappa shape index (κ3) is 3.15. The SMILES string of the molecule is COCCON1C=CCN=C1. The van der Waals surface area contributed by atoms with E-state index in [9.17, 15) is 0 Å². The van der Waals surface area contributed by atoms with Crippen LogP contribution >= 0.6 is 0 Å². The van der Waals surface area contributed by atoms with Gasteiger partial charge in [0.25, 0.3) is 0 Å². The lowest BCUT2D eigenvalue weighted by Crippen LogP contribution is -2.20. The van der Waals surface area contributed by atoms with Crippen LogP contribution in [0, 0.1) is 0 Å². The van der Waals surface area contributed by atoms with E-state index in [1.165, 1.54) is 0 Å². The number of hydrogen-bond acceptors (Lipinski definition) is 4. The maximum absolute atomic E-state index is 5.20. The molecular weight excluding hydrogens is 144 g/mol. The monoisotopic (exact) mass is 156 g/mol. The molecule has 0 amide bonds. The van der Waals surface area contributed by atoms with Crippen LogP contribution in [0.1, 0.15) is 0 Å². The lowest BCUT2D eigenvalue weighted by molar-refractivity contribution is -0.0756. The third-order valence-corrected chi connectivity index (χ3v) is 1.19. The highest BCUT2D eigenvalue weighted by Crippen LogP contribution is 1.93. The number of methoxy groups -OCH3 is 1. The molecule has 1 aliphatic rings. The van der Waals surface area contributed by atoms with E-state index in [1.54, 1.807) is 18.5 Å². The molecule has 0 aliphatic carbocycles. The van der Waals surface area contributed by atoms with Gasteiger partial charge in [0.1, 0.15) is 6.34 Å². The van der Waals surface area contributed by atoms with Crippen LogP contribution in [0.2, 0.25) is 0 Å². The van der Waals surface area contributed by atoms with Crippen molar-refractivity contribution < 1.29 is 9.57 Å². The molecule has 0 saturated carbocycles. The van der Waals surface area contributed by atoms with Crippen molar-refractivity contribution in [2.45, 2.75) is 0 Å². The van der Waals surface area contributed by atoms with Gasteiger partial charge in [-0.05, 0) is 6.08 Å². The van der Waals surface area contributed by atoms with Crippen molar-refractivity contribution in [2.24, 2.45) is 4.99 Å². The van der Waals surface area contributed by atoms with E-state index < -0.39 is 0 Å². The quantitative estimate of drug-likeness (QED) is 0.553. The van der Waals surface area contributed by atoms with Gasteiger partial charge in [-0.3, -0.25) is 9.83 Å². The van der Waals surface area contributed by atoms with Crippen LogP contribution in [-0.4, -0.2) is 38.3 Å². The molecule has 0 radical (unpaired) electrons. The summed E-state index contributed by atoms with van der Waals surface area (Å²) >= 11 is 0. The zero-order valence-corrected chi connectivity index (χ0v) is 6.56. The second-order valence-electron chi connectivity index (χ2n) is 2.05. The zero-order valence-electron chi connectivity index (χ0n) is 6.56. The van der Waals surface area contributed by atoms with Crippen LogP contribution < -0.4 is 0 Å². The van der Waals surface area contributed by atoms with E-state index in [2.05, 4.69) is 4.99 Å². The topological polar surface area (TPSA) is 34.1 Å². The van der Waals surface area contributed by atoms with Crippen LogP contribution in [0.15, 0.2) is 17.3 Å². The van der Waals surface area contributed by atoms with Crippen LogP contribution in [0.3, 0.4) is 0 Å². The molecule has 1 heterocycles. The average molecular weight is 156 g/mol. The normalized spacial score (nSPS) is 15.9. The highest BCUT2D eigenvalue weighted by molar-refractivity contribution is 5.56. The van der Waals surface area contributed by atoms with Gasteiger partial charge in [-0.1, -0.05) is 0 Å². The lowest BCUT2D eigenvalue weighted by Gasteiger charge is -2.15. The Labute approximate surface area is 66.1 Å². The molecule has 62 valence electrons. The van der Waals surface area contributed by atoms with Gasteiger partial charge in [0.2, 0.25) is 0 Å². The standard InChI is InChI=1S/C7H12N2O2/c1-10-5-6-11-9-4-2-3-8-7-9/h2,4,7H,3,5-6H2,1H3. The number of aliphatic imine (C=N–C) groups is 1. The van der Waals surface area contributed by atoms with Gasteiger partial charge >= 0.3 is 0 Å². The van der Waals surface area contributed by atoms with E-state index in [4.69, 9.17) is 9.57 Å². The Hall–Kier alpha value is -0.870. The molecular formula is C7H12N2O2. The van der Waals surface area contributed by atoms with Crippen molar-refractivity contribution in [2.75, 3.05) is 26.9 Å². The molecule has 1 aliphatic heterocycles. The minimum atomic E-state index is 0.548. The molecule has 1 rings (SSSR count). The van der Waals surface area contributed by atoms with Crippen LogP contribution in [0.5, 0.6) is 0 Å². The van der Waals surface area contributed by atoms with E-state index in [0.717, 1.165) is 6.54 Å². The maximum Gasteiger partial charge on any atom is 0.116 e. The second-order valence-corrected chi connectivity index (χ2v) is 2.05. The fourth-order valence-corrected chi connectivity index (χ4v) is 0.680. The first-order valence-electron chi connectivity index (χ1n) is 3.50. The predicted molar refractivity (Wildman–Crippen MR) is 42.2 cm³/mol. The third-order valence-electron chi connectivity index (χ3n) is 1.19. The van der Waals surface area contributed by atoms with Crippen LogP contribution in [-0.2, 0) is 9.57 Å². The van der Waals surface area contributed by atoms with Gasteiger partial charge < -0.3 is 4.74 Å². The number of ether oxygens (including phenoxy) is 1. The van der Waals surface area contributed by atoms with E-state index in [0.29, 0.717) is 13.2 Å². The van der Waals surface area contributed by atoms with Crippen molar-refractivity contribution in [3.63, 3.8) is 0 Å². The molecule has 0 spiro atoms. The smallest absolute Gasteiger partial charge is 0.116 e. The molecule has 0 atom stereocenters. The molecule has 0 fully saturated rings. The van der Waals surface area contributed by atoms with Gasteiger partial charge in [0.05, 0.1) is 19.8 Å².